The highest BCUT2D eigenvalue weighted by Crippen LogP contribution is 2.49. The first-order chi connectivity index (χ1) is 17.0. The zero-order valence-corrected chi connectivity index (χ0v) is 18.8. The van der Waals surface area contributed by atoms with E-state index in [1.165, 1.54) is 12.1 Å². The van der Waals surface area contributed by atoms with E-state index >= 15 is 0 Å². The molecule has 7 heteroatoms. The van der Waals surface area contributed by atoms with E-state index in [9.17, 15) is 20.2 Å². The molecule has 3 aromatic rings. The summed E-state index contributed by atoms with van der Waals surface area (Å²) in [6.45, 7) is 0. The minimum absolute atomic E-state index is 0.0267. The number of ketones is 1. The number of hydrogen-bond acceptors (Lipinski definition) is 6. The summed E-state index contributed by atoms with van der Waals surface area (Å²) < 4.78 is 0. The number of carbonyl (C=O) groups is 1. The molecule has 2 atom stereocenters. The molecule has 0 radical (unpaired) electrons. The maximum Gasteiger partial charge on any atom is 0.269 e. The third kappa shape index (κ3) is 3.85. The van der Waals surface area contributed by atoms with Gasteiger partial charge in [-0.05, 0) is 35.6 Å². The van der Waals surface area contributed by atoms with Gasteiger partial charge in [-0.1, -0.05) is 60.7 Å². The zero-order valence-electron chi connectivity index (χ0n) is 18.8. The lowest BCUT2D eigenvalue weighted by Crippen LogP contribution is -2.40. The Labute approximate surface area is 202 Å². The molecule has 0 saturated carbocycles. The fraction of sp³-hybridized carbons (Fsp3) is 0.143. The van der Waals surface area contributed by atoms with E-state index in [-0.39, 0.29) is 23.2 Å². The summed E-state index contributed by atoms with van der Waals surface area (Å²) in [7, 11) is 0. The van der Waals surface area contributed by atoms with E-state index in [0.29, 0.717) is 29.7 Å². The lowest BCUT2D eigenvalue weighted by molar-refractivity contribution is -0.384. The second-order valence-electron chi connectivity index (χ2n) is 8.66. The number of carbonyl (C=O) groups excluding carboxylic acids is 1. The molecule has 0 spiro atoms. The van der Waals surface area contributed by atoms with Crippen LogP contribution in [0, 0.1) is 21.4 Å². The van der Waals surface area contributed by atoms with Crippen molar-refractivity contribution in [3.63, 3.8) is 0 Å². The third-order valence-electron chi connectivity index (χ3n) is 6.69. The number of nitrogens with zero attached hydrogens (tertiary/aromatic N) is 3. The van der Waals surface area contributed by atoms with Gasteiger partial charge in [0.25, 0.3) is 5.69 Å². The fourth-order valence-electron chi connectivity index (χ4n) is 5.09. The van der Waals surface area contributed by atoms with Crippen molar-refractivity contribution in [2.75, 3.05) is 4.90 Å². The van der Waals surface area contributed by atoms with Gasteiger partial charge in [0.1, 0.15) is 5.82 Å². The van der Waals surface area contributed by atoms with Crippen LogP contribution >= 0.6 is 0 Å². The zero-order chi connectivity index (χ0) is 24.5. The minimum Gasteiger partial charge on any atom is -0.384 e. The van der Waals surface area contributed by atoms with Crippen LogP contribution in [-0.2, 0) is 4.79 Å². The number of benzene rings is 3. The van der Waals surface area contributed by atoms with Gasteiger partial charge < -0.3 is 5.73 Å². The Morgan fingerprint density at radius 2 is 1.51 bits per heavy atom. The van der Waals surface area contributed by atoms with Gasteiger partial charge in [-0.15, -0.1) is 0 Å². The number of non-ortho nitro benzene ring substituents is 1. The summed E-state index contributed by atoms with van der Waals surface area (Å²) in [5.74, 6) is -0.401. The van der Waals surface area contributed by atoms with E-state index in [1.54, 1.807) is 17.0 Å². The number of Topliss-reactive ketones (excluding diaryl/α,β-unsaturated/α-hetero) is 1. The molecule has 2 N–H and O–H groups in total. The predicted octanol–water partition coefficient (Wildman–Crippen LogP) is 5.29. The highest BCUT2D eigenvalue weighted by atomic mass is 16.6. The summed E-state index contributed by atoms with van der Waals surface area (Å²) in [6, 6.07) is 27.6. The quantitative estimate of drug-likeness (QED) is 0.416. The van der Waals surface area contributed by atoms with Crippen LogP contribution in [-0.4, -0.2) is 10.7 Å². The molecule has 0 amide bonds. The smallest absolute Gasteiger partial charge is 0.269 e. The second-order valence-corrected chi connectivity index (χ2v) is 8.66. The maximum absolute atomic E-state index is 13.7. The summed E-state index contributed by atoms with van der Waals surface area (Å²) in [5.41, 5.74) is 10.6. The number of nitro groups is 1. The topological polar surface area (TPSA) is 113 Å². The average molecular weight is 463 g/mol. The molecule has 1 aliphatic heterocycles. The molecule has 0 bridgehead atoms. The SMILES string of the molecule is N#CC1=C(N)N(c2ccc([N+](=O)[O-])cc2)C2=C(C(=O)C[C@@H](c3ccccc3)C2)[C@@H]1c1ccccc1. The number of nitrogens with two attached hydrogens (primary N) is 1. The Bertz CT molecular complexity index is 1400. The molecule has 0 fully saturated rings. The highest BCUT2D eigenvalue weighted by molar-refractivity contribution is 6.01. The molecule has 1 aliphatic carbocycles. The van der Waals surface area contributed by atoms with Crippen LogP contribution in [0.4, 0.5) is 11.4 Å². The van der Waals surface area contributed by atoms with Gasteiger partial charge in [0.15, 0.2) is 5.78 Å². The van der Waals surface area contributed by atoms with Crippen LogP contribution in [0.2, 0.25) is 0 Å². The lowest BCUT2D eigenvalue weighted by atomic mass is 9.72. The molecule has 3 aromatic carbocycles. The van der Waals surface area contributed by atoms with Crippen molar-refractivity contribution in [1.82, 2.24) is 0 Å². The largest absolute Gasteiger partial charge is 0.384 e. The number of nitro benzene ring substituents is 1. The molecule has 0 saturated heterocycles. The fourth-order valence-corrected chi connectivity index (χ4v) is 5.09. The summed E-state index contributed by atoms with van der Waals surface area (Å²) in [4.78, 5) is 26.2. The van der Waals surface area contributed by atoms with E-state index in [4.69, 9.17) is 5.73 Å². The third-order valence-corrected chi connectivity index (χ3v) is 6.69. The molecular formula is C28H22N4O3. The van der Waals surface area contributed by atoms with Crippen LogP contribution in [0.1, 0.15) is 35.8 Å². The Kier molecular flexibility index (Phi) is 5.63. The van der Waals surface area contributed by atoms with Crippen molar-refractivity contribution < 1.29 is 9.72 Å². The van der Waals surface area contributed by atoms with Gasteiger partial charge in [0.05, 0.1) is 22.5 Å². The Balaban J connectivity index is 1.71. The number of nitriles is 1. The molecule has 1 heterocycles. The van der Waals surface area contributed by atoms with E-state index in [2.05, 4.69) is 6.07 Å². The van der Waals surface area contributed by atoms with Crippen LogP contribution in [0.25, 0.3) is 0 Å². The molecular weight excluding hydrogens is 440 g/mol. The van der Waals surface area contributed by atoms with E-state index < -0.39 is 10.8 Å². The van der Waals surface area contributed by atoms with Crippen molar-refractivity contribution in [3.05, 3.63) is 129 Å². The lowest BCUT2D eigenvalue weighted by Gasteiger charge is -2.41. The number of allylic oxidation sites excluding steroid dienone is 3. The second kappa shape index (κ2) is 8.92. The normalized spacial score (nSPS) is 19.9. The first-order valence-corrected chi connectivity index (χ1v) is 11.3. The molecule has 0 unspecified atom stereocenters. The molecule has 0 aromatic heterocycles. The Morgan fingerprint density at radius 1 is 0.914 bits per heavy atom. The molecule has 7 nitrogen and oxygen atoms in total. The summed E-state index contributed by atoms with van der Waals surface area (Å²) >= 11 is 0. The Morgan fingerprint density at radius 3 is 2.09 bits per heavy atom. The van der Waals surface area contributed by atoms with E-state index in [1.807, 2.05) is 60.7 Å². The monoisotopic (exact) mass is 462 g/mol. The van der Waals surface area contributed by atoms with Crippen molar-refractivity contribution in [2.24, 2.45) is 5.73 Å². The van der Waals surface area contributed by atoms with Gasteiger partial charge in [0, 0.05) is 35.5 Å². The van der Waals surface area contributed by atoms with Gasteiger partial charge in [0.2, 0.25) is 0 Å². The van der Waals surface area contributed by atoms with Crippen LogP contribution in [0.5, 0.6) is 0 Å². The number of hydrogen-bond donors (Lipinski definition) is 1. The predicted molar refractivity (Wildman–Crippen MR) is 132 cm³/mol. The summed E-state index contributed by atoms with van der Waals surface area (Å²) in [6.07, 6.45) is 0.879. The van der Waals surface area contributed by atoms with Crippen molar-refractivity contribution in [1.29, 1.82) is 5.26 Å². The van der Waals surface area contributed by atoms with Gasteiger partial charge in [-0.2, -0.15) is 5.26 Å². The van der Waals surface area contributed by atoms with Gasteiger partial charge in [-0.25, -0.2) is 0 Å². The van der Waals surface area contributed by atoms with Crippen LogP contribution < -0.4 is 10.6 Å². The van der Waals surface area contributed by atoms with E-state index in [0.717, 1.165) is 16.8 Å². The Hall–Kier alpha value is -4.70. The van der Waals surface area contributed by atoms with Gasteiger partial charge >= 0.3 is 0 Å². The van der Waals surface area contributed by atoms with Gasteiger partial charge in [-0.3, -0.25) is 19.8 Å². The molecule has 35 heavy (non-hydrogen) atoms. The van der Waals surface area contributed by atoms with Crippen LogP contribution in [0.3, 0.4) is 0 Å². The van der Waals surface area contributed by atoms with Crippen molar-refractivity contribution >= 4 is 17.2 Å². The van der Waals surface area contributed by atoms with Crippen LogP contribution in [0.15, 0.2) is 108 Å². The molecule has 5 rings (SSSR count). The summed E-state index contributed by atoms with van der Waals surface area (Å²) in [5, 5.41) is 21.3. The first kappa shape index (κ1) is 22.1. The number of anilines is 1. The van der Waals surface area contributed by atoms with Crippen molar-refractivity contribution in [3.8, 4) is 6.07 Å². The average Bonchev–Trinajstić information content (AvgIpc) is 2.89. The molecule has 2 aliphatic rings. The molecule has 172 valence electrons. The number of rotatable bonds is 4. The highest BCUT2D eigenvalue weighted by Gasteiger charge is 2.42. The maximum atomic E-state index is 13.7. The standard InChI is InChI=1S/C28H22N4O3/c29-17-23-26(19-9-5-2-6-10-19)27-24(15-20(16-25(27)33)18-7-3-1-4-8-18)31(28(23)30)21-11-13-22(14-12-21)32(34)35/h1-14,20,26H,15-16,30H2/t20-,26+/m0/s1. The first-order valence-electron chi connectivity index (χ1n) is 11.3. The minimum atomic E-state index is -0.560. The van der Waals surface area contributed by atoms with Crippen molar-refractivity contribution in [2.45, 2.75) is 24.7 Å².